The molecule has 0 aromatic carbocycles. The Morgan fingerprint density at radius 3 is 1.80 bits per heavy atom. The lowest BCUT2D eigenvalue weighted by Crippen LogP contribution is -2.55. The molecule has 1 spiro atoms. The fourth-order valence-corrected chi connectivity index (χ4v) is 4.02. The zero-order chi connectivity index (χ0) is 19.1. The highest BCUT2D eigenvalue weighted by atomic mass is 15.2. The number of likely N-dealkylation sites (tertiary alicyclic amines) is 2. The van der Waals surface area contributed by atoms with Gasteiger partial charge in [0, 0.05) is 49.2 Å². The maximum atomic E-state index is 6.11. The standard InChI is InChI=1S/C10H22N2.C9H18N2.C2H6/c1-9(2)12-7-4-5-10(3,11)6-8-12;1-8(2)11-4-3-9(7-11)5-10-6-9;1-2/h9H,4-8,11H2,1-3H3;8,10H,3-7H2,1-2H3;1-2H3. The summed E-state index contributed by atoms with van der Waals surface area (Å²) in [5.74, 6) is 0. The van der Waals surface area contributed by atoms with Crippen molar-refractivity contribution in [2.24, 2.45) is 11.1 Å². The van der Waals surface area contributed by atoms with Crippen molar-refractivity contribution in [3.8, 4) is 0 Å². The molecular weight excluding hydrogens is 308 g/mol. The van der Waals surface area contributed by atoms with Gasteiger partial charge in [-0.3, -0.25) is 0 Å². The van der Waals surface area contributed by atoms with E-state index < -0.39 is 0 Å². The third-order valence-electron chi connectivity index (χ3n) is 6.09. The van der Waals surface area contributed by atoms with E-state index in [1.807, 2.05) is 13.8 Å². The lowest BCUT2D eigenvalue weighted by Gasteiger charge is -2.39. The quantitative estimate of drug-likeness (QED) is 0.798. The predicted octanol–water partition coefficient (Wildman–Crippen LogP) is 3.31. The summed E-state index contributed by atoms with van der Waals surface area (Å²) in [6, 6.07) is 1.42. The molecule has 1 atom stereocenters. The minimum atomic E-state index is 0.0869. The first-order valence-electron chi connectivity index (χ1n) is 10.7. The largest absolute Gasteiger partial charge is 0.325 e. The number of nitrogens with zero attached hydrogens (tertiary/aromatic N) is 2. The number of hydrogen-bond donors (Lipinski definition) is 2. The molecule has 0 aromatic rings. The van der Waals surface area contributed by atoms with Gasteiger partial charge in [-0.05, 0) is 73.4 Å². The second-order valence-electron chi connectivity index (χ2n) is 9.06. The Hall–Kier alpha value is -0.160. The van der Waals surface area contributed by atoms with Gasteiger partial charge in [-0.15, -0.1) is 0 Å². The molecule has 0 amide bonds. The van der Waals surface area contributed by atoms with Gasteiger partial charge in [0.2, 0.25) is 0 Å². The first-order valence-corrected chi connectivity index (χ1v) is 10.7. The second kappa shape index (κ2) is 10.2. The number of hydrogen-bond acceptors (Lipinski definition) is 4. The van der Waals surface area contributed by atoms with Crippen molar-refractivity contribution in [1.29, 1.82) is 0 Å². The van der Waals surface area contributed by atoms with Crippen LogP contribution in [0.25, 0.3) is 0 Å². The lowest BCUT2D eigenvalue weighted by molar-refractivity contribution is 0.157. The Kier molecular flexibility index (Phi) is 9.38. The zero-order valence-corrected chi connectivity index (χ0v) is 18.2. The number of nitrogens with two attached hydrogens (primary N) is 1. The molecule has 4 heteroatoms. The average Bonchev–Trinajstić information content (AvgIpc) is 2.91. The number of nitrogens with one attached hydrogen (secondary N) is 1. The zero-order valence-electron chi connectivity index (χ0n) is 18.2. The topological polar surface area (TPSA) is 44.5 Å². The summed E-state index contributed by atoms with van der Waals surface area (Å²) in [6.45, 7) is 22.9. The van der Waals surface area contributed by atoms with Crippen molar-refractivity contribution in [1.82, 2.24) is 15.1 Å². The van der Waals surface area contributed by atoms with Gasteiger partial charge in [-0.2, -0.15) is 0 Å². The summed E-state index contributed by atoms with van der Waals surface area (Å²) in [6.07, 6.45) is 4.99. The van der Waals surface area contributed by atoms with Crippen LogP contribution in [0.2, 0.25) is 0 Å². The summed E-state index contributed by atoms with van der Waals surface area (Å²) in [5.41, 5.74) is 6.89. The fourth-order valence-electron chi connectivity index (χ4n) is 4.02. The highest BCUT2D eigenvalue weighted by Crippen LogP contribution is 2.34. The Bertz CT molecular complexity index is 361. The van der Waals surface area contributed by atoms with Gasteiger partial charge in [-0.25, -0.2) is 0 Å². The number of rotatable bonds is 2. The minimum Gasteiger partial charge on any atom is -0.325 e. The van der Waals surface area contributed by atoms with Crippen LogP contribution in [0.1, 0.15) is 74.1 Å². The van der Waals surface area contributed by atoms with Crippen LogP contribution in [0, 0.1) is 5.41 Å². The highest BCUT2D eigenvalue weighted by Gasteiger charge is 2.43. The third-order valence-corrected chi connectivity index (χ3v) is 6.09. The molecule has 3 aliphatic heterocycles. The molecule has 0 radical (unpaired) electrons. The van der Waals surface area contributed by atoms with Crippen LogP contribution in [-0.4, -0.2) is 66.7 Å². The summed E-state index contributed by atoms with van der Waals surface area (Å²) in [4.78, 5) is 5.12. The molecule has 0 bridgehead atoms. The highest BCUT2D eigenvalue weighted by molar-refractivity contribution is 4.99. The van der Waals surface area contributed by atoms with E-state index in [0.717, 1.165) is 12.5 Å². The maximum Gasteiger partial charge on any atom is 0.0138 e. The van der Waals surface area contributed by atoms with E-state index in [0.29, 0.717) is 11.5 Å². The molecule has 0 aliphatic carbocycles. The molecule has 3 aliphatic rings. The van der Waals surface area contributed by atoms with E-state index in [2.05, 4.69) is 49.7 Å². The molecule has 3 rings (SSSR count). The van der Waals surface area contributed by atoms with Gasteiger partial charge in [0.1, 0.15) is 0 Å². The first-order chi connectivity index (χ1) is 11.7. The monoisotopic (exact) mass is 354 g/mol. The molecule has 3 fully saturated rings. The molecule has 25 heavy (non-hydrogen) atoms. The van der Waals surface area contributed by atoms with Crippen LogP contribution in [-0.2, 0) is 0 Å². The molecule has 3 saturated heterocycles. The second-order valence-corrected chi connectivity index (χ2v) is 9.06. The molecule has 4 nitrogen and oxygen atoms in total. The summed E-state index contributed by atoms with van der Waals surface area (Å²) in [5, 5.41) is 3.38. The Labute approximate surface area is 157 Å². The van der Waals surface area contributed by atoms with Crippen molar-refractivity contribution in [3.05, 3.63) is 0 Å². The third kappa shape index (κ3) is 7.16. The van der Waals surface area contributed by atoms with E-state index in [-0.39, 0.29) is 5.54 Å². The molecule has 3 N–H and O–H groups in total. The van der Waals surface area contributed by atoms with E-state index in [1.54, 1.807) is 0 Å². The summed E-state index contributed by atoms with van der Waals surface area (Å²) >= 11 is 0. The SMILES string of the molecule is CC.CC(C)N1CCC2(CNC2)C1.CC(C)N1CCCC(C)(N)CC1. The smallest absolute Gasteiger partial charge is 0.0138 e. The fraction of sp³-hybridized carbons (Fsp3) is 1.00. The molecular formula is C21H46N4. The van der Waals surface area contributed by atoms with Gasteiger partial charge in [0.25, 0.3) is 0 Å². The van der Waals surface area contributed by atoms with Crippen molar-refractivity contribution in [2.45, 2.75) is 91.8 Å². The van der Waals surface area contributed by atoms with Crippen LogP contribution >= 0.6 is 0 Å². The van der Waals surface area contributed by atoms with Gasteiger partial charge in [0.05, 0.1) is 0 Å². The Morgan fingerprint density at radius 2 is 1.40 bits per heavy atom. The summed E-state index contributed by atoms with van der Waals surface area (Å²) < 4.78 is 0. The van der Waals surface area contributed by atoms with Gasteiger partial charge in [0.15, 0.2) is 0 Å². The Balaban J connectivity index is 0.000000228. The molecule has 0 aromatic heterocycles. The van der Waals surface area contributed by atoms with Gasteiger partial charge < -0.3 is 20.9 Å². The van der Waals surface area contributed by atoms with E-state index in [4.69, 9.17) is 5.73 Å². The van der Waals surface area contributed by atoms with Crippen LogP contribution in [0.15, 0.2) is 0 Å². The lowest BCUT2D eigenvalue weighted by atomic mass is 9.81. The van der Waals surface area contributed by atoms with Crippen molar-refractivity contribution in [2.75, 3.05) is 39.3 Å². The van der Waals surface area contributed by atoms with Gasteiger partial charge in [-0.1, -0.05) is 13.8 Å². The van der Waals surface area contributed by atoms with Crippen molar-refractivity contribution in [3.63, 3.8) is 0 Å². The average molecular weight is 355 g/mol. The van der Waals surface area contributed by atoms with Crippen LogP contribution in [0.5, 0.6) is 0 Å². The van der Waals surface area contributed by atoms with Crippen molar-refractivity contribution >= 4 is 0 Å². The first kappa shape index (κ1) is 22.9. The molecule has 0 saturated carbocycles. The Morgan fingerprint density at radius 1 is 0.840 bits per heavy atom. The van der Waals surface area contributed by atoms with E-state index in [9.17, 15) is 0 Å². The van der Waals surface area contributed by atoms with E-state index >= 15 is 0 Å². The minimum absolute atomic E-state index is 0.0869. The normalized spacial score (nSPS) is 29.5. The summed E-state index contributed by atoms with van der Waals surface area (Å²) in [7, 11) is 0. The molecule has 1 unspecified atom stereocenters. The van der Waals surface area contributed by atoms with E-state index in [1.165, 1.54) is 58.5 Å². The van der Waals surface area contributed by atoms with Gasteiger partial charge >= 0.3 is 0 Å². The van der Waals surface area contributed by atoms with Crippen molar-refractivity contribution < 1.29 is 0 Å². The molecule has 3 heterocycles. The van der Waals surface area contributed by atoms with Crippen LogP contribution < -0.4 is 11.1 Å². The predicted molar refractivity (Wildman–Crippen MR) is 111 cm³/mol. The van der Waals surface area contributed by atoms with Crippen LogP contribution in [0.4, 0.5) is 0 Å². The molecule has 150 valence electrons. The van der Waals surface area contributed by atoms with Crippen LogP contribution in [0.3, 0.4) is 0 Å². The maximum absolute atomic E-state index is 6.11.